The number of halogens is 4. The first-order valence-corrected chi connectivity index (χ1v) is 7.74. The van der Waals surface area contributed by atoms with Crippen LogP contribution in [0.15, 0.2) is 29.6 Å². The Hall–Kier alpha value is -1.48. The van der Waals surface area contributed by atoms with E-state index in [1.807, 2.05) is 0 Å². The fraction of sp³-hybridized carbons (Fsp3) is 0.364. The van der Waals surface area contributed by atoms with Gasteiger partial charge >= 0.3 is 5.51 Å². The van der Waals surface area contributed by atoms with Crippen LogP contribution >= 0.6 is 11.6 Å². The van der Waals surface area contributed by atoms with Gasteiger partial charge < -0.3 is 10.2 Å². The molecule has 1 saturated heterocycles. The highest BCUT2D eigenvalue weighted by Crippen LogP contribution is 2.26. The van der Waals surface area contributed by atoms with Crippen molar-refractivity contribution in [1.82, 2.24) is 15.2 Å². The number of hydrogen-bond acceptors (Lipinski definition) is 5. The summed E-state index contributed by atoms with van der Waals surface area (Å²) in [7, 11) is -5.32. The van der Waals surface area contributed by atoms with Crippen molar-refractivity contribution in [1.29, 1.82) is 0 Å². The summed E-state index contributed by atoms with van der Waals surface area (Å²) in [5.74, 6) is -0.0812. The van der Waals surface area contributed by atoms with Crippen molar-refractivity contribution in [2.24, 2.45) is 0 Å². The molecule has 1 aromatic rings. The maximum Gasteiger partial charge on any atom is 0.501 e. The highest BCUT2D eigenvalue weighted by molar-refractivity contribution is 7.95. The van der Waals surface area contributed by atoms with Gasteiger partial charge in [0.2, 0.25) is 0 Å². The second-order valence-corrected chi connectivity index (χ2v) is 6.51. The van der Waals surface area contributed by atoms with E-state index in [-0.39, 0.29) is 17.8 Å². The Labute approximate surface area is 124 Å². The van der Waals surface area contributed by atoms with Crippen LogP contribution in [0.5, 0.6) is 0 Å². The number of aromatic nitrogens is 1. The second kappa shape index (κ2) is 5.72. The third-order valence-electron chi connectivity index (χ3n) is 2.78. The Morgan fingerprint density at radius 3 is 2.71 bits per heavy atom. The molecular formula is C11H11ClF3N3O2S. The summed E-state index contributed by atoms with van der Waals surface area (Å²) in [5.41, 5.74) is -4.60. The van der Waals surface area contributed by atoms with Crippen LogP contribution in [0.4, 0.5) is 13.2 Å². The molecule has 116 valence electrons. The molecule has 1 aromatic heterocycles. The van der Waals surface area contributed by atoms with Crippen LogP contribution in [-0.2, 0) is 16.4 Å². The predicted octanol–water partition coefficient (Wildman–Crippen LogP) is 1.87. The van der Waals surface area contributed by atoms with Gasteiger partial charge in [-0.2, -0.15) is 13.2 Å². The van der Waals surface area contributed by atoms with Crippen molar-refractivity contribution in [3.63, 3.8) is 0 Å². The third kappa shape index (κ3) is 3.79. The minimum absolute atomic E-state index is 0.0812. The van der Waals surface area contributed by atoms with Gasteiger partial charge in [0.25, 0.3) is 9.84 Å². The lowest BCUT2D eigenvalue weighted by molar-refractivity contribution is -0.0424. The summed E-state index contributed by atoms with van der Waals surface area (Å²) in [6.45, 7) is 0.985. The van der Waals surface area contributed by atoms with Crippen molar-refractivity contribution in [3.8, 4) is 0 Å². The van der Waals surface area contributed by atoms with Crippen molar-refractivity contribution < 1.29 is 21.6 Å². The van der Waals surface area contributed by atoms with E-state index in [2.05, 4.69) is 10.3 Å². The zero-order valence-electron chi connectivity index (χ0n) is 10.6. The summed E-state index contributed by atoms with van der Waals surface area (Å²) in [6, 6.07) is 3.22. The Morgan fingerprint density at radius 2 is 2.14 bits per heavy atom. The zero-order valence-corrected chi connectivity index (χ0v) is 12.1. The van der Waals surface area contributed by atoms with Gasteiger partial charge in [-0.05, 0) is 11.6 Å². The number of nitrogens with one attached hydrogen (secondary N) is 1. The Bertz CT molecular complexity index is 644. The molecule has 0 radical (unpaired) electrons. The fourth-order valence-corrected chi connectivity index (χ4v) is 2.54. The highest BCUT2D eigenvalue weighted by atomic mass is 35.5. The average Bonchev–Trinajstić information content (AvgIpc) is 2.77. The molecule has 0 saturated carbocycles. The maximum atomic E-state index is 12.4. The molecule has 1 N–H and O–H groups in total. The summed E-state index contributed by atoms with van der Waals surface area (Å²) < 4.78 is 59.5. The van der Waals surface area contributed by atoms with Gasteiger partial charge in [-0.3, -0.25) is 0 Å². The minimum atomic E-state index is -5.32. The summed E-state index contributed by atoms with van der Waals surface area (Å²) >= 11 is 5.64. The van der Waals surface area contributed by atoms with E-state index in [0.717, 1.165) is 0 Å². The Balaban J connectivity index is 2.19. The first kappa shape index (κ1) is 15.9. The molecule has 0 amide bonds. The number of sulfone groups is 1. The van der Waals surface area contributed by atoms with Crippen molar-refractivity contribution >= 4 is 21.4 Å². The van der Waals surface area contributed by atoms with Crippen LogP contribution in [0.2, 0.25) is 5.15 Å². The van der Waals surface area contributed by atoms with Gasteiger partial charge in [0.15, 0.2) is 0 Å². The molecule has 5 nitrogen and oxygen atoms in total. The second-order valence-electron chi connectivity index (χ2n) is 4.33. The van der Waals surface area contributed by atoms with E-state index in [9.17, 15) is 21.6 Å². The van der Waals surface area contributed by atoms with E-state index < -0.39 is 15.3 Å². The van der Waals surface area contributed by atoms with Crippen LogP contribution in [0.3, 0.4) is 0 Å². The lowest BCUT2D eigenvalue weighted by atomic mass is 10.3. The topological polar surface area (TPSA) is 62.3 Å². The standard InChI is InChI=1S/C11H11ClF3N3O2S/c12-9-2-1-8(5-17-9)6-18-4-3-16-10(18)7-21(19,20)11(13,14)15/h1-2,5,7,16H,3-4,6H2/b10-7+. The normalized spacial score (nSPS) is 18.1. The molecule has 0 aromatic carbocycles. The molecule has 1 aliphatic heterocycles. The lowest BCUT2D eigenvalue weighted by Crippen LogP contribution is -2.25. The number of nitrogens with zero attached hydrogens (tertiary/aromatic N) is 2. The average molecular weight is 342 g/mol. The van der Waals surface area contributed by atoms with Crippen LogP contribution in [0, 0.1) is 0 Å². The third-order valence-corrected chi connectivity index (χ3v) is 4.18. The Kier molecular flexibility index (Phi) is 4.33. The van der Waals surface area contributed by atoms with Gasteiger partial charge in [-0.15, -0.1) is 0 Å². The van der Waals surface area contributed by atoms with E-state index in [1.165, 1.54) is 11.1 Å². The molecule has 0 aliphatic carbocycles. The molecule has 2 rings (SSSR count). The van der Waals surface area contributed by atoms with Gasteiger partial charge in [-0.25, -0.2) is 13.4 Å². The van der Waals surface area contributed by atoms with E-state index >= 15 is 0 Å². The summed E-state index contributed by atoms with van der Waals surface area (Å²) in [6.07, 6.45) is 1.48. The molecule has 0 spiro atoms. The molecule has 2 heterocycles. The minimum Gasteiger partial charge on any atom is -0.369 e. The lowest BCUT2D eigenvalue weighted by Gasteiger charge is -2.19. The summed E-state index contributed by atoms with van der Waals surface area (Å²) in [4.78, 5) is 5.35. The summed E-state index contributed by atoms with van der Waals surface area (Å²) in [5, 5.41) is 3.14. The largest absolute Gasteiger partial charge is 0.501 e. The van der Waals surface area contributed by atoms with E-state index in [0.29, 0.717) is 23.8 Å². The monoisotopic (exact) mass is 341 g/mol. The van der Waals surface area contributed by atoms with Gasteiger partial charge in [0.1, 0.15) is 11.0 Å². The maximum absolute atomic E-state index is 12.4. The molecule has 21 heavy (non-hydrogen) atoms. The Morgan fingerprint density at radius 1 is 1.43 bits per heavy atom. The van der Waals surface area contributed by atoms with Crippen LogP contribution in [0.1, 0.15) is 5.56 Å². The van der Waals surface area contributed by atoms with Crippen LogP contribution in [0.25, 0.3) is 0 Å². The number of hydrogen-bond donors (Lipinski definition) is 1. The number of rotatable bonds is 3. The number of alkyl halides is 3. The van der Waals surface area contributed by atoms with Gasteiger partial charge in [0.05, 0.1) is 5.41 Å². The van der Waals surface area contributed by atoms with Gasteiger partial charge in [-0.1, -0.05) is 17.7 Å². The SMILES string of the molecule is O=S(=O)(/C=C1\NCCN1Cc1ccc(Cl)nc1)C(F)(F)F. The molecule has 1 fully saturated rings. The first-order chi connectivity index (χ1) is 9.69. The van der Waals surface area contributed by atoms with Crippen molar-refractivity contribution in [2.45, 2.75) is 12.1 Å². The van der Waals surface area contributed by atoms with Crippen molar-refractivity contribution in [2.75, 3.05) is 13.1 Å². The first-order valence-electron chi connectivity index (χ1n) is 5.81. The quantitative estimate of drug-likeness (QED) is 0.850. The predicted molar refractivity (Wildman–Crippen MR) is 70.7 cm³/mol. The smallest absolute Gasteiger partial charge is 0.369 e. The van der Waals surface area contributed by atoms with E-state index in [4.69, 9.17) is 11.6 Å². The van der Waals surface area contributed by atoms with E-state index in [1.54, 1.807) is 12.1 Å². The molecular weight excluding hydrogens is 331 g/mol. The zero-order chi connectivity index (χ0) is 15.7. The fourth-order valence-electron chi connectivity index (χ4n) is 1.77. The van der Waals surface area contributed by atoms with Crippen LogP contribution < -0.4 is 5.32 Å². The highest BCUT2D eigenvalue weighted by Gasteiger charge is 2.45. The molecule has 0 unspecified atom stereocenters. The van der Waals surface area contributed by atoms with Crippen LogP contribution in [-0.4, -0.2) is 36.9 Å². The molecule has 10 heteroatoms. The molecule has 0 bridgehead atoms. The van der Waals surface area contributed by atoms with Gasteiger partial charge in [0, 0.05) is 25.8 Å². The van der Waals surface area contributed by atoms with Crippen molar-refractivity contribution in [3.05, 3.63) is 40.3 Å². The number of pyridine rings is 1. The molecule has 1 aliphatic rings. The molecule has 0 atom stereocenters.